The van der Waals surface area contributed by atoms with Crippen LogP contribution in [-0.4, -0.2) is 11.7 Å². The smallest absolute Gasteiger partial charge is 0.294 e. The summed E-state index contributed by atoms with van der Waals surface area (Å²) < 4.78 is 62.4. The third-order valence-electron chi connectivity index (χ3n) is 2.24. The zero-order chi connectivity index (χ0) is 13.9. The van der Waals surface area contributed by atoms with Crippen molar-refractivity contribution in [1.29, 1.82) is 0 Å². The molecular weight excluding hydrogens is 279 g/mol. The topological polar surface area (TPSA) is 17.1 Å². The van der Waals surface area contributed by atoms with E-state index >= 15 is 0 Å². The van der Waals surface area contributed by atoms with Crippen molar-refractivity contribution in [2.75, 3.05) is 5.88 Å². The van der Waals surface area contributed by atoms with Gasteiger partial charge in [-0.05, 0) is 12.1 Å². The zero-order valence-electron chi connectivity index (χ0n) is 8.90. The van der Waals surface area contributed by atoms with Crippen LogP contribution >= 0.6 is 11.6 Å². The number of alkyl halides is 6. The van der Waals surface area contributed by atoms with Crippen LogP contribution in [0.25, 0.3) is 0 Å². The maximum absolute atomic E-state index is 12.6. The first kappa shape index (κ1) is 14.9. The fourth-order valence-electron chi connectivity index (χ4n) is 1.39. The average Bonchev–Trinajstić information content (AvgIpc) is 2.27. The lowest BCUT2D eigenvalue weighted by Gasteiger charge is -2.12. The average molecular weight is 287 g/mol. The van der Waals surface area contributed by atoms with E-state index in [1.54, 1.807) is 0 Å². The maximum atomic E-state index is 12.6. The number of halogens is 6. The molecule has 0 bridgehead atoms. The Morgan fingerprint density at radius 2 is 1.89 bits per heavy atom. The number of carbonyl (C=O) groups excluding carboxylic acids is 1. The van der Waals surface area contributed by atoms with Gasteiger partial charge in [0.1, 0.15) is 0 Å². The van der Waals surface area contributed by atoms with Crippen molar-refractivity contribution < 1.29 is 26.7 Å². The second kappa shape index (κ2) is 5.65. The van der Waals surface area contributed by atoms with Crippen LogP contribution in [0.3, 0.4) is 0 Å². The summed E-state index contributed by atoms with van der Waals surface area (Å²) in [7, 11) is 0. The van der Waals surface area contributed by atoms with E-state index in [0.717, 1.165) is 6.07 Å². The van der Waals surface area contributed by atoms with Crippen molar-refractivity contribution in [1.82, 2.24) is 0 Å². The van der Waals surface area contributed by atoms with Crippen molar-refractivity contribution in [3.63, 3.8) is 0 Å². The summed E-state index contributed by atoms with van der Waals surface area (Å²) in [6, 6.07) is 1.67. The molecule has 1 nitrogen and oxygen atoms in total. The van der Waals surface area contributed by atoms with Gasteiger partial charge >= 0.3 is 6.18 Å². The first-order valence-electron chi connectivity index (χ1n) is 4.86. The highest BCUT2D eigenvalue weighted by Crippen LogP contribution is 2.33. The molecule has 100 valence electrons. The van der Waals surface area contributed by atoms with Crippen molar-refractivity contribution in [3.05, 3.63) is 34.9 Å². The largest absolute Gasteiger partial charge is 0.416 e. The summed E-state index contributed by atoms with van der Waals surface area (Å²) in [5.41, 5.74) is -2.54. The van der Waals surface area contributed by atoms with Gasteiger partial charge in [0, 0.05) is 23.4 Å². The van der Waals surface area contributed by atoms with Gasteiger partial charge in [-0.3, -0.25) is 4.79 Å². The molecule has 1 aromatic rings. The molecule has 0 spiro atoms. The third-order valence-corrected chi connectivity index (χ3v) is 2.42. The van der Waals surface area contributed by atoms with Crippen molar-refractivity contribution in [2.24, 2.45) is 0 Å². The van der Waals surface area contributed by atoms with Crippen LogP contribution in [0, 0.1) is 0 Å². The summed E-state index contributed by atoms with van der Waals surface area (Å²) in [4.78, 5) is 11.4. The lowest BCUT2D eigenvalue weighted by molar-refractivity contribution is -0.137. The molecule has 0 amide bonds. The maximum Gasteiger partial charge on any atom is 0.416 e. The molecule has 0 radical (unpaired) electrons. The molecule has 0 saturated carbocycles. The molecule has 0 heterocycles. The zero-order valence-corrected chi connectivity index (χ0v) is 9.66. The molecule has 0 N–H and O–H groups in total. The Bertz CT molecular complexity index is 442. The Balaban J connectivity index is 3.25. The standard InChI is InChI=1S/C11H8ClF5O/c12-4-3-9(18)7-2-1-6(11(15,16)17)5-8(7)10(13)14/h1-2,5,10H,3-4H2. The highest BCUT2D eigenvalue weighted by atomic mass is 35.5. The second-order valence-corrected chi connectivity index (χ2v) is 3.84. The molecule has 0 atom stereocenters. The number of benzene rings is 1. The summed E-state index contributed by atoms with van der Waals surface area (Å²) in [5.74, 6) is -0.781. The van der Waals surface area contributed by atoms with E-state index in [4.69, 9.17) is 11.6 Å². The Morgan fingerprint density at radius 1 is 1.28 bits per heavy atom. The van der Waals surface area contributed by atoms with Crippen molar-refractivity contribution in [3.8, 4) is 0 Å². The molecule has 0 aliphatic heterocycles. The van der Waals surface area contributed by atoms with E-state index in [0.29, 0.717) is 12.1 Å². The van der Waals surface area contributed by atoms with Crippen LogP contribution in [-0.2, 0) is 6.18 Å². The highest BCUT2D eigenvalue weighted by molar-refractivity contribution is 6.19. The third kappa shape index (κ3) is 3.41. The fraction of sp³-hybridized carbons (Fsp3) is 0.364. The summed E-state index contributed by atoms with van der Waals surface area (Å²) in [6.07, 6.45) is -8.08. The van der Waals surface area contributed by atoms with Crippen LogP contribution in [0.4, 0.5) is 22.0 Å². The van der Waals surface area contributed by atoms with Crippen LogP contribution in [0.1, 0.15) is 34.3 Å². The number of hydrogen-bond donors (Lipinski definition) is 0. The number of Topliss-reactive ketones (excluding diaryl/α,β-unsaturated/α-hetero) is 1. The fourth-order valence-corrected chi connectivity index (χ4v) is 1.57. The number of carbonyl (C=O) groups is 1. The highest BCUT2D eigenvalue weighted by Gasteiger charge is 2.32. The predicted molar refractivity (Wildman–Crippen MR) is 56.1 cm³/mol. The van der Waals surface area contributed by atoms with Gasteiger partial charge in [0.25, 0.3) is 6.43 Å². The van der Waals surface area contributed by atoms with Gasteiger partial charge in [0.05, 0.1) is 5.56 Å². The molecule has 1 aromatic carbocycles. The molecule has 0 aliphatic rings. The second-order valence-electron chi connectivity index (χ2n) is 3.46. The molecule has 0 aliphatic carbocycles. The van der Waals surface area contributed by atoms with E-state index in [-0.39, 0.29) is 12.3 Å². The molecule has 1 rings (SSSR count). The van der Waals surface area contributed by atoms with Crippen LogP contribution in [0.5, 0.6) is 0 Å². The number of rotatable bonds is 4. The predicted octanol–water partition coefficient (Wildman–Crippen LogP) is 4.45. The quantitative estimate of drug-likeness (QED) is 0.454. The molecule has 0 saturated heterocycles. The van der Waals surface area contributed by atoms with E-state index in [2.05, 4.69) is 0 Å². The van der Waals surface area contributed by atoms with Gasteiger partial charge in [-0.2, -0.15) is 13.2 Å². The first-order valence-corrected chi connectivity index (χ1v) is 5.39. The molecule has 0 fully saturated rings. The molecular formula is C11H8ClF5O. The van der Waals surface area contributed by atoms with E-state index in [1.807, 2.05) is 0 Å². The monoisotopic (exact) mass is 286 g/mol. The SMILES string of the molecule is O=C(CCCl)c1ccc(C(F)(F)F)cc1C(F)F. The van der Waals surface area contributed by atoms with Gasteiger partial charge in [-0.25, -0.2) is 8.78 Å². The number of ketones is 1. The minimum atomic E-state index is -4.72. The van der Waals surface area contributed by atoms with E-state index < -0.39 is 35.1 Å². The van der Waals surface area contributed by atoms with Crippen molar-refractivity contribution in [2.45, 2.75) is 19.0 Å². The van der Waals surface area contributed by atoms with Crippen LogP contribution < -0.4 is 0 Å². The van der Waals surface area contributed by atoms with Gasteiger partial charge < -0.3 is 0 Å². The molecule has 0 unspecified atom stereocenters. The van der Waals surface area contributed by atoms with Gasteiger partial charge in [-0.15, -0.1) is 11.6 Å². The Kier molecular flexibility index (Phi) is 4.67. The summed E-state index contributed by atoms with van der Waals surface area (Å²) in [5, 5.41) is 0. The minimum absolute atomic E-state index is 0.0808. The number of hydrogen-bond acceptors (Lipinski definition) is 1. The summed E-state index contributed by atoms with van der Waals surface area (Å²) >= 11 is 5.29. The summed E-state index contributed by atoms with van der Waals surface area (Å²) in [6.45, 7) is 0. The Hall–Kier alpha value is -1.17. The van der Waals surface area contributed by atoms with Gasteiger partial charge in [-0.1, -0.05) is 6.07 Å². The van der Waals surface area contributed by atoms with Crippen LogP contribution in [0.2, 0.25) is 0 Å². The van der Waals surface area contributed by atoms with Crippen LogP contribution in [0.15, 0.2) is 18.2 Å². The Morgan fingerprint density at radius 3 is 2.33 bits per heavy atom. The molecule has 18 heavy (non-hydrogen) atoms. The molecule has 0 aromatic heterocycles. The first-order chi connectivity index (χ1) is 8.27. The lowest BCUT2D eigenvalue weighted by Crippen LogP contribution is -2.10. The minimum Gasteiger partial charge on any atom is -0.294 e. The van der Waals surface area contributed by atoms with E-state index in [9.17, 15) is 26.7 Å². The van der Waals surface area contributed by atoms with Gasteiger partial charge in [0.15, 0.2) is 5.78 Å². The molecule has 7 heteroatoms. The lowest BCUT2D eigenvalue weighted by atomic mass is 9.99. The van der Waals surface area contributed by atoms with Gasteiger partial charge in [0.2, 0.25) is 0 Å². The van der Waals surface area contributed by atoms with Crippen molar-refractivity contribution >= 4 is 17.4 Å². The Labute approximate surface area is 105 Å². The van der Waals surface area contributed by atoms with E-state index in [1.165, 1.54) is 0 Å². The normalized spacial score (nSPS) is 11.9.